The number of anilines is 2. The molecule has 4 aromatic rings. The number of esters is 1. The van der Waals surface area contributed by atoms with Crippen molar-refractivity contribution in [2.45, 2.75) is 19.6 Å². The molecule has 2 aromatic heterocycles. The molecule has 0 radical (unpaired) electrons. The van der Waals surface area contributed by atoms with Crippen molar-refractivity contribution in [2.75, 3.05) is 19.5 Å². The summed E-state index contributed by atoms with van der Waals surface area (Å²) >= 11 is 0. The predicted molar refractivity (Wildman–Crippen MR) is 130 cm³/mol. The van der Waals surface area contributed by atoms with Crippen molar-refractivity contribution in [3.8, 4) is 28.7 Å². The summed E-state index contributed by atoms with van der Waals surface area (Å²) in [5.41, 5.74) is 2.92. The van der Waals surface area contributed by atoms with Crippen LogP contribution in [0.2, 0.25) is 0 Å². The Kier molecular flexibility index (Phi) is 7.36. The van der Waals surface area contributed by atoms with Crippen LogP contribution >= 0.6 is 0 Å². The fraction of sp³-hybridized carbons (Fsp3) is 0.200. The molecule has 0 aliphatic heterocycles. The van der Waals surface area contributed by atoms with Crippen LogP contribution < -0.4 is 14.8 Å². The van der Waals surface area contributed by atoms with Crippen LogP contribution in [0.4, 0.5) is 11.6 Å². The SMILES string of the molecule is COC(=O)c1ccc(Nc2ncc(-c3ccc(C#N)c(O[C@@H](C)Cn4cncn4)c3)cn2)c(OC)c1. The molecular formula is C25H23N7O4. The second kappa shape index (κ2) is 11.0. The van der Waals surface area contributed by atoms with Crippen LogP contribution in [0.1, 0.15) is 22.8 Å². The number of nitrogens with zero attached hydrogens (tertiary/aromatic N) is 6. The number of carbonyl (C=O) groups excluding carboxylic acids is 1. The highest BCUT2D eigenvalue weighted by Crippen LogP contribution is 2.30. The molecule has 0 aliphatic carbocycles. The Morgan fingerprint density at radius 1 is 1.11 bits per heavy atom. The van der Waals surface area contributed by atoms with Crippen molar-refractivity contribution in [3.63, 3.8) is 0 Å². The maximum Gasteiger partial charge on any atom is 0.337 e. The Bertz CT molecular complexity index is 1380. The lowest BCUT2D eigenvalue weighted by atomic mass is 10.1. The quantitative estimate of drug-likeness (QED) is 0.350. The first-order chi connectivity index (χ1) is 17.5. The largest absolute Gasteiger partial charge is 0.495 e. The van der Waals surface area contributed by atoms with E-state index < -0.39 is 5.97 Å². The number of hydrogen-bond acceptors (Lipinski definition) is 10. The summed E-state index contributed by atoms with van der Waals surface area (Å²) in [5.74, 6) is 0.785. The van der Waals surface area contributed by atoms with Gasteiger partial charge in [0, 0.05) is 18.0 Å². The summed E-state index contributed by atoms with van der Waals surface area (Å²) in [6.45, 7) is 2.38. The number of nitriles is 1. The molecule has 4 rings (SSSR count). The van der Waals surface area contributed by atoms with Gasteiger partial charge in [0.1, 0.15) is 36.3 Å². The summed E-state index contributed by atoms with van der Waals surface area (Å²) < 4.78 is 17.8. The van der Waals surface area contributed by atoms with E-state index in [1.54, 1.807) is 53.7 Å². The van der Waals surface area contributed by atoms with Gasteiger partial charge < -0.3 is 19.5 Å². The standard InChI is InChI=1S/C25H23N7O4/c1-16(13-32-15-27-14-30-32)36-22-8-17(4-5-19(22)10-26)20-11-28-25(29-12-20)31-21-7-6-18(24(33)35-3)9-23(21)34-2/h4-9,11-12,14-16H,13H2,1-3H3,(H,28,29,31)/t16-/m0/s1. The van der Waals surface area contributed by atoms with Gasteiger partial charge in [-0.2, -0.15) is 10.4 Å². The highest BCUT2D eigenvalue weighted by atomic mass is 16.5. The summed E-state index contributed by atoms with van der Waals surface area (Å²) in [4.78, 5) is 24.5. The molecule has 0 unspecified atom stereocenters. The van der Waals surface area contributed by atoms with E-state index >= 15 is 0 Å². The van der Waals surface area contributed by atoms with Crippen LogP contribution in [-0.4, -0.2) is 51.0 Å². The van der Waals surface area contributed by atoms with Crippen LogP contribution in [-0.2, 0) is 11.3 Å². The molecule has 0 bridgehead atoms. The van der Waals surface area contributed by atoms with E-state index in [4.69, 9.17) is 14.2 Å². The topological polar surface area (TPSA) is 137 Å². The van der Waals surface area contributed by atoms with Crippen molar-refractivity contribution < 1.29 is 19.0 Å². The van der Waals surface area contributed by atoms with Crippen LogP contribution in [0.3, 0.4) is 0 Å². The Hall–Kier alpha value is -4.98. The first-order valence-corrected chi connectivity index (χ1v) is 10.9. The molecule has 0 aliphatic rings. The molecule has 11 nitrogen and oxygen atoms in total. The number of nitrogens with one attached hydrogen (secondary N) is 1. The van der Waals surface area contributed by atoms with Crippen LogP contribution in [0.5, 0.6) is 11.5 Å². The Labute approximate surface area is 207 Å². The van der Waals surface area contributed by atoms with Gasteiger partial charge in [0.05, 0.1) is 37.6 Å². The minimum Gasteiger partial charge on any atom is -0.495 e. The molecule has 36 heavy (non-hydrogen) atoms. The molecule has 2 aromatic carbocycles. The lowest BCUT2D eigenvalue weighted by molar-refractivity contribution is 0.0600. The molecule has 0 saturated carbocycles. The minimum absolute atomic E-state index is 0.238. The molecule has 0 fully saturated rings. The van der Waals surface area contributed by atoms with E-state index in [1.165, 1.54) is 20.5 Å². The zero-order valence-electron chi connectivity index (χ0n) is 19.9. The number of benzene rings is 2. The number of ether oxygens (including phenoxy) is 3. The number of aromatic nitrogens is 5. The van der Waals surface area contributed by atoms with Gasteiger partial charge in [-0.05, 0) is 42.8 Å². The number of hydrogen-bond donors (Lipinski definition) is 1. The normalized spacial score (nSPS) is 11.3. The fourth-order valence-electron chi connectivity index (χ4n) is 3.44. The summed E-state index contributed by atoms with van der Waals surface area (Å²) in [6, 6.07) is 12.3. The number of methoxy groups -OCH3 is 2. The van der Waals surface area contributed by atoms with Gasteiger partial charge in [-0.25, -0.2) is 24.4 Å². The molecule has 182 valence electrons. The fourth-order valence-corrected chi connectivity index (χ4v) is 3.44. The monoisotopic (exact) mass is 485 g/mol. The molecule has 1 N–H and O–H groups in total. The van der Waals surface area contributed by atoms with Crippen molar-refractivity contribution in [2.24, 2.45) is 0 Å². The molecule has 0 amide bonds. The third kappa shape index (κ3) is 5.56. The van der Waals surface area contributed by atoms with Crippen molar-refractivity contribution in [3.05, 3.63) is 72.6 Å². The average molecular weight is 486 g/mol. The maximum absolute atomic E-state index is 11.8. The third-order valence-electron chi connectivity index (χ3n) is 5.20. The lowest BCUT2D eigenvalue weighted by Gasteiger charge is -2.16. The lowest BCUT2D eigenvalue weighted by Crippen LogP contribution is -2.20. The Balaban J connectivity index is 1.51. The van der Waals surface area contributed by atoms with Crippen LogP contribution in [0.25, 0.3) is 11.1 Å². The summed E-state index contributed by atoms with van der Waals surface area (Å²) in [6.07, 6.45) is 6.15. The van der Waals surface area contributed by atoms with Gasteiger partial charge in [0.2, 0.25) is 5.95 Å². The molecular weight excluding hydrogens is 462 g/mol. The van der Waals surface area contributed by atoms with Gasteiger partial charge in [-0.3, -0.25) is 0 Å². The van der Waals surface area contributed by atoms with Gasteiger partial charge >= 0.3 is 5.97 Å². The molecule has 0 spiro atoms. The van der Waals surface area contributed by atoms with Gasteiger partial charge in [0.25, 0.3) is 0 Å². The molecule has 2 heterocycles. The van der Waals surface area contributed by atoms with E-state index in [0.29, 0.717) is 40.8 Å². The maximum atomic E-state index is 11.8. The number of carbonyl (C=O) groups is 1. The van der Waals surface area contributed by atoms with E-state index in [-0.39, 0.29) is 6.10 Å². The van der Waals surface area contributed by atoms with Crippen molar-refractivity contribution in [1.82, 2.24) is 24.7 Å². The van der Waals surface area contributed by atoms with Gasteiger partial charge in [0.15, 0.2) is 0 Å². The Morgan fingerprint density at radius 3 is 2.58 bits per heavy atom. The summed E-state index contributed by atoms with van der Waals surface area (Å²) in [7, 11) is 2.82. The van der Waals surface area contributed by atoms with Gasteiger partial charge in [-0.15, -0.1) is 0 Å². The average Bonchev–Trinajstić information content (AvgIpc) is 3.41. The smallest absolute Gasteiger partial charge is 0.337 e. The highest BCUT2D eigenvalue weighted by molar-refractivity contribution is 5.90. The summed E-state index contributed by atoms with van der Waals surface area (Å²) in [5, 5.41) is 16.7. The number of rotatable bonds is 9. The van der Waals surface area contributed by atoms with Crippen molar-refractivity contribution >= 4 is 17.6 Å². The molecule has 0 saturated heterocycles. The van der Waals surface area contributed by atoms with Crippen molar-refractivity contribution in [1.29, 1.82) is 5.26 Å². The second-order valence-electron chi connectivity index (χ2n) is 7.70. The highest BCUT2D eigenvalue weighted by Gasteiger charge is 2.14. The molecule has 11 heteroatoms. The zero-order valence-corrected chi connectivity index (χ0v) is 19.9. The Morgan fingerprint density at radius 2 is 1.92 bits per heavy atom. The molecule has 1 atom stereocenters. The minimum atomic E-state index is -0.459. The van der Waals surface area contributed by atoms with E-state index in [9.17, 15) is 10.1 Å². The van der Waals surface area contributed by atoms with Crippen LogP contribution in [0, 0.1) is 11.3 Å². The van der Waals surface area contributed by atoms with E-state index in [0.717, 1.165) is 11.1 Å². The first-order valence-electron chi connectivity index (χ1n) is 10.9. The van der Waals surface area contributed by atoms with Gasteiger partial charge in [-0.1, -0.05) is 6.07 Å². The zero-order chi connectivity index (χ0) is 25.5. The first kappa shape index (κ1) is 24.2. The third-order valence-corrected chi connectivity index (χ3v) is 5.20. The second-order valence-corrected chi connectivity index (χ2v) is 7.70. The van der Waals surface area contributed by atoms with E-state index in [1.807, 2.05) is 13.0 Å². The van der Waals surface area contributed by atoms with E-state index in [2.05, 4.69) is 31.4 Å². The van der Waals surface area contributed by atoms with Crippen LogP contribution in [0.15, 0.2) is 61.4 Å². The predicted octanol–water partition coefficient (Wildman–Crippen LogP) is 3.61.